The van der Waals surface area contributed by atoms with E-state index in [1.807, 2.05) is 0 Å². The first kappa shape index (κ1) is 22.5. The van der Waals surface area contributed by atoms with E-state index in [-0.39, 0.29) is 0 Å². The Morgan fingerprint density at radius 3 is 2.19 bits per heavy atom. The average Bonchev–Trinajstić information content (AvgIpc) is 2.81. The minimum absolute atomic E-state index is 0.310. The van der Waals surface area contributed by atoms with Crippen LogP contribution in [-0.2, 0) is 9.59 Å². The summed E-state index contributed by atoms with van der Waals surface area (Å²) < 4.78 is 10.4. The fourth-order valence-corrected chi connectivity index (χ4v) is 2.66. The first-order valence-corrected chi connectivity index (χ1v) is 9.69. The Labute approximate surface area is 188 Å². The van der Waals surface area contributed by atoms with Crippen LogP contribution in [0.2, 0.25) is 5.02 Å². The highest BCUT2D eigenvalue weighted by Gasteiger charge is 2.14. The first-order chi connectivity index (χ1) is 15.5. The Kier molecular flexibility index (Phi) is 7.55. The smallest absolute Gasteiger partial charge is 0.343 e. The fraction of sp³-hybridized carbons (Fsp3) is 0.0435. The lowest BCUT2D eigenvalue weighted by Crippen LogP contribution is -2.32. The number of hydrazone groups is 1. The van der Waals surface area contributed by atoms with Crippen LogP contribution in [0, 0.1) is 0 Å². The molecule has 3 aromatic rings. The monoisotopic (exact) mass is 451 g/mol. The summed E-state index contributed by atoms with van der Waals surface area (Å²) in [5.41, 5.74) is 3.44. The van der Waals surface area contributed by atoms with Gasteiger partial charge in [-0.05, 0) is 66.2 Å². The molecular weight excluding hydrogens is 434 g/mol. The normalized spacial score (nSPS) is 10.4. The van der Waals surface area contributed by atoms with E-state index in [0.717, 1.165) is 0 Å². The highest BCUT2D eigenvalue weighted by molar-refractivity contribution is 6.41. The quantitative estimate of drug-likeness (QED) is 0.195. The number of halogens is 1. The van der Waals surface area contributed by atoms with Crippen LogP contribution in [0.5, 0.6) is 11.5 Å². The maximum absolute atomic E-state index is 12.2. The van der Waals surface area contributed by atoms with Crippen LogP contribution in [-0.4, -0.2) is 31.1 Å². The lowest BCUT2D eigenvalue weighted by Gasteiger charge is -2.06. The second-order valence-corrected chi connectivity index (χ2v) is 6.73. The lowest BCUT2D eigenvalue weighted by molar-refractivity contribution is -0.136. The molecule has 0 unspecified atom stereocenters. The number of nitrogens with zero attached hydrogens (tertiary/aromatic N) is 1. The fourth-order valence-electron chi connectivity index (χ4n) is 2.47. The van der Waals surface area contributed by atoms with Crippen molar-refractivity contribution < 1.29 is 23.9 Å². The number of rotatable bonds is 6. The third kappa shape index (κ3) is 6.16. The van der Waals surface area contributed by atoms with Gasteiger partial charge in [-0.2, -0.15) is 5.10 Å². The van der Waals surface area contributed by atoms with E-state index in [9.17, 15) is 14.4 Å². The van der Waals surface area contributed by atoms with Crippen molar-refractivity contribution in [3.05, 3.63) is 88.9 Å². The average molecular weight is 452 g/mol. The number of esters is 1. The maximum Gasteiger partial charge on any atom is 0.343 e. The molecule has 0 aliphatic carbocycles. The molecule has 2 N–H and O–H groups in total. The van der Waals surface area contributed by atoms with Gasteiger partial charge in [0.2, 0.25) is 0 Å². The van der Waals surface area contributed by atoms with Gasteiger partial charge in [0.05, 0.1) is 29.6 Å². The predicted molar refractivity (Wildman–Crippen MR) is 120 cm³/mol. The molecular formula is C23H18ClN3O5. The molecule has 0 spiro atoms. The van der Waals surface area contributed by atoms with Crippen molar-refractivity contribution in [3.63, 3.8) is 0 Å². The van der Waals surface area contributed by atoms with Crippen LogP contribution < -0.4 is 20.2 Å². The van der Waals surface area contributed by atoms with Crippen LogP contribution in [0.3, 0.4) is 0 Å². The highest BCUT2D eigenvalue weighted by atomic mass is 35.5. The van der Waals surface area contributed by atoms with Crippen LogP contribution in [0.4, 0.5) is 5.69 Å². The molecule has 8 nitrogen and oxygen atoms in total. The summed E-state index contributed by atoms with van der Waals surface area (Å²) in [6.07, 6.45) is 1.34. The number of hydrogen-bond acceptors (Lipinski definition) is 6. The van der Waals surface area contributed by atoms with Crippen LogP contribution >= 0.6 is 11.6 Å². The molecule has 2 amide bonds. The van der Waals surface area contributed by atoms with Gasteiger partial charge in [0.1, 0.15) is 11.5 Å². The summed E-state index contributed by atoms with van der Waals surface area (Å²) >= 11 is 5.94. The molecule has 162 valence electrons. The summed E-state index contributed by atoms with van der Waals surface area (Å²) in [5.74, 6) is -1.39. The molecule has 0 atom stereocenters. The van der Waals surface area contributed by atoms with E-state index in [1.165, 1.54) is 6.21 Å². The standard InChI is InChI=1S/C23H18ClN3O5/c1-31-17-12-8-16(9-13-17)23(30)32-18-10-6-15(7-11-18)14-25-27-22(29)21(28)26-20-5-3-2-4-19(20)24/h2-14H,1H3,(H,26,28)(H,27,29)/b25-14-. The van der Waals surface area contributed by atoms with Gasteiger partial charge in [-0.3, -0.25) is 9.59 Å². The van der Waals surface area contributed by atoms with Crippen LogP contribution in [0.15, 0.2) is 77.9 Å². The summed E-state index contributed by atoms with van der Waals surface area (Å²) in [4.78, 5) is 35.9. The Morgan fingerprint density at radius 2 is 1.53 bits per heavy atom. The van der Waals surface area contributed by atoms with Crippen LogP contribution in [0.25, 0.3) is 0 Å². The minimum Gasteiger partial charge on any atom is -0.497 e. The van der Waals surface area contributed by atoms with E-state index in [2.05, 4.69) is 15.8 Å². The van der Waals surface area contributed by atoms with Crippen molar-refractivity contribution in [3.8, 4) is 11.5 Å². The Hall–Kier alpha value is -4.17. The van der Waals surface area contributed by atoms with E-state index in [4.69, 9.17) is 21.1 Å². The lowest BCUT2D eigenvalue weighted by atomic mass is 10.2. The van der Waals surface area contributed by atoms with Gasteiger partial charge >= 0.3 is 17.8 Å². The summed E-state index contributed by atoms with van der Waals surface area (Å²) in [6, 6.07) is 19.5. The molecule has 0 heterocycles. The first-order valence-electron chi connectivity index (χ1n) is 9.31. The molecule has 32 heavy (non-hydrogen) atoms. The Bertz CT molecular complexity index is 1150. The second-order valence-electron chi connectivity index (χ2n) is 6.32. The van der Waals surface area contributed by atoms with Crippen molar-refractivity contribution >= 4 is 41.3 Å². The van der Waals surface area contributed by atoms with Gasteiger partial charge in [0, 0.05) is 0 Å². The van der Waals surface area contributed by atoms with Crippen molar-refractivity contribution in [2.45, 2.75) is 0 Å². The van der Waals surface area contributed by atoms with Crippen molar-refractivity contribution in [2.75, 3.05) is 12.4 Å². The number of nitrogens with one attached hydrogen (secondary N) is 2. The number of benzene rings is 3. The number of anilines is 1. The number of amides is 2. The molecule has 0 bridgehead atoms. The molecule has 0 fully saturated rings. The largest absolute Gasteiger partial charge is 0.497 e. The number of carbonyl (C=O) groups is 3. The zero-order chi connectivity index (χ0) is 22.9. The zero-order valence-corrected chi connectivity index (χ0v) is 17.6. The molecule has 3 aromatic carbocycles. The second kappa shape index (κ2) is 10.7. The third-order valence-electron chi connectivity index (χ3n) is 4.12. The van der Waals surface area contributed by atoms with E-state index in [0.29, 0.717) is 33.3 Å². The molecule has 0 aliphatic heterocycles. The van der Waals surface area contributed by atoms with Gasteiger partial charge in [0.25, 0.3) is 0 Å². The van der Waals surface area contributed by atoms with E-state index in [1.54, 1.807) is 79.9 Å². The number of methoxy groups -OCH3 is 1. The Balaban J connectivity index is 1.51. The van der Waals surface area contributed by atoms with E-state index >= 15 is 0 Å². The van der Waals surface area contributed by atoms with Crippen molar-refractivity contribution in [1.82, 2.24) is 5.43 Å². The molecule has 0 aromatic heterocycles. The van der Waals surface area contributed by atoms with Crippen molar-refractivity contribution in [2.24, 2.45) is 5.10 Å². The SMILES string of the molecule is COc1ccc(C(=O)Oc2ccc(/C=N\NC(=O)C(=O)Nc3ccccc3Cl)cc2)cc1. The van der Waals surface area contributed by atoms with Crippen LogP contribution in [0.1, 0.15) is 15.9 Å². The zero-order valence-electron chi connectivity index (χ0n) is 16.9. The molecule has 0 aliphatic rings. The molecule has 3 rings (SSSR count). The minimum atomic E-state index is -0.953. The number of ether oxygens (including phenoxy) is 2. The van der Waals surface area contributed by atoms with Crippen molar-refractivity contribution in [1.29, 1.82) is 0 Å². The maximum atomic E-state index is 12.2. The summed E-state index contributed by atoms with van der Waals surface area (Å²) in [7, 11) is 1.54. The third-order valence-corrected chi connectivity index (χ3v) is 4.45. The number of hydrogen-bond donors (Lipinski definition) is 2. The summed E-state index contributed by atoms with van der Waals surface area (Å²) in [6.45, 7) is 0. The topological polar surface area (TPSA) is 106 Å². The molecule has 0 saturated carbocycles. The van der Waals surface area contributed by atoms with Gasteiger partial charge in [-0.25, -0.2) is 10.2 Å². The van der Waals surface area contributed by atoms with Gasteiger partial charge < -0.3 is 14.8 Å². The van der Waals surface area contributed by atoms with E-state index < -0.39 is 17.8 Å². The van der Waals surface area contributed by atoms with Gasteiger partial charge in [-0.1, -0.05) is 23.7 Å². The molecule has 0 radical (unpaired) electrons. The number of para-hydroxylation sites is 1. The highest BCUT2D eigenvalue weighted by Crippen LogP contribution is 2.20. The molecule has 9 heteroatoms. The summed E-state index contributed by atoms with van der Waals surface area (Å²) in [5, 5.41) is 6.45. The predicted octanol–water partition coefficient (Wildman–Crippen LogP) is 3.66. The Morgan fingerprint density at radius 1 is 0.875 bits per heavy atom. The van der Waals surface area contributed by atoms with Gasteiger partial charge in [0.15, 0.2) is 0 Å². The molecule has 0 saturated heterocycles. The number of carbonyl (C=O) groups excluding carboxylic acids is 3. The van der Waals surface area contributed by atoms with Gasteiger partial charge in [-0.15, -0.1) is 0 Å².